The van der Waals surface area contributed by atoms with Crippen molar-refractivity contribution in [3.05, 3.63) is 22.8 Å². The van der Waals surface area contributed by atoms with Gasteiger partial charge in [0, 0.05) is 12.0 Å². The first-order valence-electron chi connectivity index (χ1n) is 7.88. The monoisotopic (exact) mass is 363 g/mol. The smallest absolute Gasteiger partial charge is 0.251 e. The van der Waals surface area contributed by atoms with Gasteiger partial charge in [0.2, 0.25) is 5.91 Å². The Bertz CT molecular complexity index is 792. The molecule has 0 radical (unpaired) electrons. The number of carbonyl (C=O) groups excluding carboxylic acids is 2. The number of thioether (sulfide) groups is 1. The Balaban J connectivity index is 1.41. The molecule has 2 saturated carbocycles. The third-order valence-corrected chi connectivity index (χ3v) is 5.83. The minimum atomic E-state index is -0.540. The van der Waals surface area contributed by atoms with E-state index in [0.29, 0.717) is 22.5 Å². The van der Waals surface area contributed by atoms with Crippen LogP contribution in [0.5, 0.6) is 0 Å². The van der Waals surface area contributed by atoms with E-state index in [1.165, 1.54) is 35.9 Å². The molecule has 2 amide bonds. The lowest BCUT2D eigenvalue weighted by atomic mass is 10.3. The van der Waals surface area contributed by atoms with E-state index in [2.05, 4.69) is 20.1 Å². The van der Waals surface area contributed by atoms with Gasteiger partial charge in [0.1, 0.15) is 10.8 Å². The van der Waals surface area contributed by atoms with Crippen LogP contribution < -0.4 is 11.1 Å². The second-order valence-corrected chi connectivity index (χ2v) is 7.94. The van der Waals surface area contributed by atoms with Gasteiger partial charge in [0.05, 0.1) is 11.3 Å². The Morgan fingerprint density at radius 2 is 2.12 bits per heavy atom. The molecule has 2 aromatic rings. The summed E-state index contributed by atoms with van der Waals surface area (Å²) in [5.41, 5.74) is 5.63. The number of anilines is 1. The zero-order chi connectivity index (χ0) is 16.7. The van der Waals surface area contributed by atoms with Gasteiger partial charge in [-0.15, -0.1) is 21.5 Å². The predicted molar refractivity (Wildman–Crippen MR) is 92.5 cm³/mol. The normalized spacial score (nSPS) is 17.0. The maximum atomic E-state index is 12.2. The van der Waals surface area contributed by atoms with E-state index in [4.69, 9.17) is 5.73 Å². The number of primary amides is 1. The first-order valence-corrected chi connectivity index (χ1v) is 9.74. The topological polar surface area (TPSA) is 103 Å². The van der Waals surface area contributed by atoms with Crippen LogP contribution in [0.4, 0.5) is 5.00 Å². The Morgan fingerprint density at radius 3 is 2.79 bits per heavy atom. The first kappa shape index (κ1) is 15.6. The number of rotatable bonds is 7. The lowest BCUT2D eigenvalue weighted by Gasteiger charge is -2.08. The molecule has 7 nitrogen and oxygen atoms in total. The molecule has 0 atom stereocenters. The summed E-state index contributed by atoms with van der Waals surface area (Å²) < 4.78 is 2.22. The molecule has 9 heteroatoms. The number of nitrogens with two attached hydrogens (primary N) is 1. The van der Waals surface area contributed by atoms with Crippen molar-refractivity contribution < 1.29 is 9.59 Å². The molecule has 0 aromatic carbocycles. The SMILES string of the molecule is NC(=O)c1ccsc1NC(=O)CSc1nnc(C2CC2)n1C1CC1. The standard InChI is InChI=1S/C15H17N5O2S2/c16-12(22)10-5-6-23-14(10)17-11(21)7-24-15-19-18-13(8-1-2-8)20(15)9-3-4-9/h5-6,8-9H,1-4,7H2,(H2,16,22)(H,17,21). The highest BCUT2D eigenvalue weighted by molar-refractivity contribution is 7.99. The van der Waals surface area contributed by atoms with Gasteiger partial charge in [0.15, 0.2) is 5.16 Å². The van der Waals surface area contributed by atoms with E-state index in [0.717, 1.165) is 23.8 Å². The van der Waals surface area contributed by atoms with Crippen molar-refractivity contribution >= 4 is 39.9 Å². The Labute approximate surface area is 147 Å². The molecule has 2 aliphatic carbocycles. The molecule has 4 rings (SSSR count). The summed E-state index contributed by atoms with van der Waals surface area (Å²) in [4.78, 5) is 23.5. The largest absolute Gasteiger partial charge is 0.366 e. The molecule has 2 aromatic heterocycles. The highest BCUT2D eigenvalue weighted by Gasteiger charge is 2.36. The number of thiophene rings is 1. The van der Waals surface area contributed by atoms with Crippen LogP contribution in [0.2, 0.25) is 0 Å². The molecule has 0 bridgehead atoms. The summed E-state index contributed by atoms with van der Waals surface area (Å²) >= 11 is 2.68. The summed E-state index contributed by atoms with van der Waals surface area (Å²) in [6.07, 6.45) is 4.69. The summed E-state index contributed by atoms with van der Waals surface area (Å²) in [5.74, 6) is 1.14. The molecule has 0 saturated heterocycles. The van der Waals surface area contributed by atoms with Gasteiger partial charge in [-0.3, -0.25) is 9.59 Å². The zero-order valence-corrected chi connectivity index (χ0v) is 14.5. The molecule has 126 valence electrons. The Kier molecular flexibility index (Phi) is 4.05. The minimum absolute atomic E-state index is 0.178. The zero-order valence-electron chi connectivity index (χ0n) is 12.9. The predicted octanol–water partition coefficient (Wildman–Crippen LogP) is 2.38. The van der Waals surface area contributed by atoms with Crippen LogP contribution in [0.25, 0.3) is 0 Å². The maximum Gasteiger partial charge on any atom is 0.251 e. The molecule has 0 unspecified atom stereocenters. The van der Waals surface area contributed by atoms with Crippen LogP contribution in [0.15, 0.2) is 16.6 Å². The second kappa shape index (κ2) is 6.21. The summed E-state index contributed by atoms with van der Waals surface area (Å²) in [5, 5.41) is 14.4. The average Bonchev–Trinajstić information content (AvgIpc) is 3.48. The molecule has 24 heavy (non-hydrogen) atoms. The first-order chi connectivity index (χ1) is 11.6. The molecule has 2 heterocycles. The summed E-state index contributed by atoms with van der Waals surface area (Å²) in [6, 6.07) is 2.11. The van der Waals surface area contributed by atoms with Crippen molar-refractivity contribution in [1.82, 2.24) is 14.8 Å². The van der Waals surface area contributed by atoms with Crippen LogP contribution in [-0.2, 0) is 4.79 Å². The fraction of sp³-hybridized carbons (Fsp3) is 0.467. The van der Waals surface area contributed by atoms with E-state index in [1.54, 1.807) is 11.4 Å². The highest BCUT2D eigenvalue weighted by atomic mass is 32.2. The highest BCUT2D eigenvalue weighted by Crippen LogP contribution is 2.46. The Morgan fingerprint density at radius 1 is 1.33 bits per heavy atom. The van der Waals surface area contributed by atoms with E-state index < -0.39 is 5.91 Å². The lowest BCUT2D eigenvalue weighted by Crippen LogP contribution is -2.18. The van der Waals surface area contributed by atoms with E-state index in [9.17, 15) is 9.59 Å². The van der Waals surface area contributed by atoms with Gasteiger partial charge in [-0.1, -0.05) is 11.8 Å². The fourth-order valence-corrected chi connectivity index (χ4v) is 4.20. The molecule has 2 aliphatic rings. The molecular weight excluding hydrogens is 346 g/mol. The molecule has 0 aliphatic heterocycles. The Hall–Kier alpha value is -1.87. The molecule has 3 N–H and O–H groups in total. The van der Waals surface area contributed by atoms with Gasteiger partial charge in [0.25, 0.3) is 5.91 Å². The van der Waals surface area contributed by atoms with Gasteiger partial charge in [-0.2, -0.15) is 0 Å². The van der Waals surface area contributed by atoms with E-state index in [-0.39, 0.29) is 11.7 Å². The quantitative estimate of drug-likeness (QED) is 0.735. The van der Waals surface area contributed by atoms with Crippen LogP contribution in [-0.4, -0.2) is 32.3 Å². The van der Waals surface area contributed by atoms with Gasteiger partial charge in [-0.25, -0.2) is 0 Å². The number of amides is 2. The number of nitrogens with one attached hydrogen (secondary N) is 1. The van der Waals surface area contributed by atoms with Crippen molar-refractivity contribution in [2.45, 2.75) is 42.8 Å². The maximum absolute atomic E-state index is 12.2. The number of hydrogen-bond donors (Lipinski definition) is 2. The van der Waals surface area contributed by atoms with Crippen LogP contribution >= 0.6 is 23.1 Å². The van der Waals surface area contributed by atoms with Crippen molar-refractivity contribution in [2.75, 3.05) is 11.1 Å². The van der Waals surface area contributed by atoms with E-state index in [1.807, 2.05) is 0 Å². The average molecular weight is 363 g/mol. The number of hydrogen-bond acceptors (Lipinski definition) is 6. The second-order valence-electron chi connectivity index (χ2n) is 6.08. The number of aromatic nitrogens is 3. The van der Waals surface area contributed by atoms with Crippen LogP contribution in [0.1, 0.15) is 53.8 Å². The third kappa shape index (κ3) is 3.18. The van der Waals surface area contributed by atoms with Gasteiger partial charge in [-0.05, 0) is 37.1 Å². The fourth-order valence-electron chi connectivity index (χ4n) is 2.58. The lowest BCUT2D eigenvalue weighted by molar-refractivity contribution is -0.113. The van der Waals surface area contributed by atoms with Crippen molar-refractivity contribution in [1.29, 1.82) is 0 Å². The van der Waals surface area contributed by atoms with Gasteiger partial charge >= 0.3 is 0 Å². The number of nitrogens with zero attached hydrogens (tertiary/aromatic N) is 3. The molecule has 0 spiro atoms. The van der Waals surface area contributed by atoms with Crippen LogP contribution in [0.3, 0.4) is 0 Å². The van der Waals surface area contributed by atoms with E-state index >= 15 is 0 Å². The minimum Gasteiger partial charge on any atom is -0.366 e. The molecule has 2 fully saturated rings. The summed E-state index contributed by atoms with van der Waals surface area (Å²) in [6.45, 7) is 0. The van der Waals surface area contributed by atoms with Crippen LogP contribution in [0, 0.1) is 0 Å². The van der Waals surface area contributed by atoms with Crippen molar-refractivity contribution in [3.63, 3.8) is 0 Å². The number of carbonyl (C=O) groups is 2. The van der Waals surface area contributed by atoms with Gasteiger partial charge < -0.3 is 15.6 Å². The third-order valence-electron chi connectivity index (χ3n) is 4.06. The van der Waals surface area contributed by atoms with Crippen molar-refractivity contribution in [3.8, 4) is 0 Å². The summed E-state index contributed by atoms with van der Waals surface area (Å²) in [7, 11) is 0. The molecular formula is C15H17N5O2S2. The van der Waals surface area contributed by atoms with Crippen molar-refractivity contribution in [2.24, 2.45) is 5.73 Å².